The van der Waals surface area contributed by atoms with Crippen molar-refractivity contribution in [1.82, 2.24) is 0 Å². The van der Waals surface area contributed by atoms with E-state index in [4.69, 9.17) is 0 Å². The highest BCUT2D eigenvalue weighted by Gasteiger charge is 2.05. The summed E-state index contributed by atoms with van der Waals surface area (Å²) in [5.41, 5.74) is 2.15. The lowest BCUT2D eigenvalue weighted by molar-refractivity contribution is 0.450. The SMILES string of the molecule is CC(=Nc1ccccc1)c1ccc(O)cc1O. The van der Waals surface area contributed by atoms with Crippen LogP contribution in [0.2, 0.25) is 0 Å². The first kappa shape index (κ1) is 11.2. The first-order valence-electron chi connectivity index (χ1n) is 5.29. The first-order chi connectivity index (χ1) is 8.16. The smallest absolute Gasteiger partial charge is 0.128 e. The van der Waals surface area contributed by atoms with E-state index >= 15 is 0 Å². The molecule has 0 aliphatic carbocycles. The van der Waals surface area contributed by atoms with E-state index in [-0.39, 0.29) is 11.5 Å². The number of rotatable bonds is 2. The quantitative estimate of drug-likeness (QED) is 0.774. The van der Waals surface area contributed by atoms with Gasteiger partial charge in [-0.2, -0.15) is 0 Å². The Balaban J connectivity index is 2.37. The number of phenolic OH excluding ortho intramolecular Hbond substituents is 2. The molecule has 0 atom stereocenters. The molecule has 0 spiro atoms. The minimum absolute atomic E-state index is 0.0298. The normalized spacial score (nSPS) is 11.5. The summed E-state index contributed by atoms with van der Waals surface area (Å²) in [4.78, 5) is 4.39. The second kappa shape index (κ2) is 4.70. The van der Waals surface area contributed by atoms with E-state index in [0.29, 0.717) is 11.3 Å². The van der Waals surface area contributed by atoms with Crippen LogP contribution in [0.15, 0.2) is 53.5 Å². The van der Waals surface area contributed by atoms with E-state index in [1.54, 1.807) is 6.07 Å². The zero-order valence-electron chi connectivity index (χ0n) is 9.46. The number of hydrogen-bond acceptors (Lipinski definition) is 3. The summed E-state index contributed by atoms with van der Waals surface area (Å²) in [6, 6.07) is 14.0. The molecular weight excluding hydrogens is 214 g/mol. The first-order valence-corrected chi connectivity index (χ1v) is 5.29. The van der Waals surface area contributed by atoms with Gasteiger partial charge in [0.2, 0.25) is 0 Å². The average Bonchev–Trinajstić information content (AvgIpc) is 2.30. The average molecular weight is 227 g/mol. The van der Waals surface area contributed by atoms with E-state index in [9.17, 15) is 10.2 Å². The third-order valence-electron chi connectivity index (χ3n) is 2.42. The van der Waals surface area contributed by atoms with Gasteiger partial charge in [0.15, 0.2) is 0 Å². The van der Waals surface area contributed by atoms with Gasteiger partial charge in [0.1, 0.15) is 11.5 Å². The Kier molecular flexibility index (Phi) is 3.10. The Hall–Kier alpha value is -2.29. The molecule has 0 unspecified atom stereocenters. The molecule has 3 nitrogen and oxygen atoms in total. The van der Waals surface area contributed by atoms with Crippen LogP contribution in [-0.2, 0) is 0 Å². The van der Waals surface area contributed by atoms with Crippen molar-refractivity contribution in [2.24, 2.45) is 4.99 Å². The minimum Gasteiger partial charge on any atom is -0.508 e. The van der Waals surface area contributed by atoms with Gasteiger partial charge >= 0.3 is 0 Å². The predicted molar refractivity (Wildman–Crippen MR) is 68.1 cm³/mol. The van der Waals surface area contributed by atoms with Crippen molar-refractivity contribution in [1.29, 1.82) is 0 Å². The van der Waals surface area contributed by atoms with E-state index in [1.807, 2.05) is 37.3 Å². The highest BCUT2D eigenvalue weighted by atomic mass is 16.3. The van der Waals surface area contributed by atoms with Crippen LogP contribution in [-0.4, -0.2) is 15.9 Å². The molecule has 0 saturated carbocycles. The molecule has 17 heavy (non-hydrogen) atoms. The summed E-state index contributed by atoms with van der Waals surface area (Å²) >= 11 is 0. The molecule has 0 bridgehead atoms. The minimum atomic E-state index is 0.0298. The molecule has 2 rings (SSSR count). The largest absolute Gasteiger partial charge is 0.508 e. The molecule has 86 valence electrons. The van der Waals surface area contributed by atoms with Crippen LogP contribution in [0.3, 0.4) is 0 Å². The predicted octanol–water partition coefficient (Wildman–Crippen LogP) is 3.24. The lowest BCUT2D eigenvalue weighted by atomic mass is 10.1. The van der Waals surface area contributed by atoms with Crippen molar-refractivity contribution in [3.05, 3.63) is 54.1 Å². The molecule has 0 fully saturated rings. The second-order valence-corrected chi connectivity index (χ2v) is 3.73. The number of aromatic hydroxyl groups is 2. The van der Waals surface area contributed by atoms with Gasteiger partial charge in [0.05, 0.1) is 5.69 Å². The molecule has 0 aromatic heterocycles. The lowest BCUT2D eigenvalue weighted by Gasteiger charge is -2.04. The van der Waals surface area contributed by atoms with Gasteiger partial charge in [-0.25, -0.2) is 0 Å². The second-order valence-electron chi connectivity index (χ2n) is 3.73. The Labute approximate surface area is 99.7 Å². The fraction of sp³-hybridized carbons (Fsp3) is 0.0714. The molecule has 0 saturated heterocycles. The summed E-state index contributed by atoms with van der Waals surface area (Å²) in [5, 5.41) is 18.9. The zero-order chi connectivity index (χ0) is 12.3. The summed E-state index contributed by atoms with van der Waals surface area (Å²) in [5.74, 6) is 0.0703. The topological polar surface area (TPSA) is 52.8 Å². The number of aliphatic imine (C=N–C) groups is 1. The van der Waals surface area contributed by atoms with E-state index < -0.39 is 0 Å². The van der Waals surface area contributed by atoms with Crippen LogP contribution in [0.25, 0.3) is 0 Å². The van der Waals surface area contributed by atoms with Crippen LogP contribution in [0, 0.1) is 0 Å². The highest BCUT2D eigenvalue weighted by Crippen LogP contribution is 2.24. The Morgan fingerprint density at radius 2 is 1.71 bits per heavy atom. The van der Waals surface area contributed by atoms with Gasteiger partial charge in [-0.1, -0.05) is 18.2 Å². The molecule has 0 radical (unpaired) electrons. The van der Waals surface area contributed by atoms with Gasteiger partial charge in [-0.05, 0) is 31.2 Å². The van der Waals surface area contributed by atoms with Crippen molar-refractivity contribution in [2.75, 3.05) is 0 Å². The fourth-order valence-corrected chi connectivity index (χ4v) is 1.58. The summed E-state index contributed by atoms with van der Waals surface area (Å²) in [6.45, 7) is 1.82. The lowest BCUT2D eigenvalue weighted by Crippen LogP contribution is -1.94. The maximum absolute atomic E-state index is 9.70. The third kappa shape index (κ3) is 2.64. The van der Waals surface area contributed by atoms with Gasteiger partial charge in [-0.15, -0.1) is 0 Å². The van der Waals surface area contributed by atoms with Crippen molar-refractivity contribution in [2.45, 2.75) is 6.92 Å². The molecule has 2 N–H and O–H groups in total. The van der Waals surface area contributed by atoms with Crippen LogP contribution in [0.4, 0.5) is 5.69 Å². The number of phenols is 2. The monoisotopic (exact) mass is 227 g/mol. The molecular formula is C14H13NO2. The van der Waals surface area contributed by atoms with Crippen LogP contribution in [0.5, 0.6) is 11.5 Å². The molecule has 2 aromatic carbocycles. The van der Waals surface area contributed by atoms with E-state index in [2.05, 4.69) is 4.99 Å². The van der Waals surface area contributed by atoms with Crippen molar-refractivity contribution in [3.63, 3.8) is 0 Å². The standard InChI is InChI=1S/C14H13NO2/c1-10(15-11-5-3-2-4-6-11)13-8-7-12(16)9-14(13)17/h2-9,16-17H,1H3. The Morgan fingerprint density at radius 1 is 1.00 bits per heavy atom. The van der Waals surface area contributed by atoms with E-state index in [0.717, 1.165) is 5.69 Å². The van der Waals surface area contributed by atoms with Gasteiger partial charge in [0, 0.05) is 17.3 Å². The molecule has 0 amide bonds. The highest BCUT2D eigenvalue weighted by molar-refractivity contribution is 6.02. The maximum atomic E-state index is 9.70. The molecule has 2 aromatic rings. The Bertz CT molecular complexity index is 547. The summed E-state index contributed by atoms with van der Waals surface area (Å²) < 4.78 is 0. The third-order valence-corrected chi connectivity index (χ3v) is 2.42. The molecule has 3 heteroatoms. The molecule has 0 aliphatic heterocycles. The van der Waals surface area contributed by atoms with Gasteiger partial charge in [0.25, 0.3) is 0 Å². The number of nitrogens with zero attached hydrogens (tertiary/aromatic N) is 1. The Morgan fingerprint density at radius 3 is 2.35 bits per heavy atom. The fourth-order valence-electron chi connectivity index (χ4n) is 1.58. The number of para-hydroxylation sites is 1. The van der Waals surface area contributed by atoms with Crippen LogP contribution >= 0.6 is 0 Å². The summed E-state index contributed by atoms with van der Waals surface area (Å²) in [7, 11) is 0. The van der Waals surface area contributed by atoms with E-state index in [1.165, 1.54) is 12.1 Å². The zero-order valence-corrected chi connectivity index (χ0v) is 9.46. The molecule has 0 aliphatic rings. The van der Waals surface area contributed by atoms with Crippen LogP contribution < -0.4 is 0 Å². The van der Waals surface area contributed by atoms with Crippen molar-refractivity contribution in [3.8, 4) is 11.5 Å². The number of hydrogen-bond donors (Lipinski definition) is 2. The summed E-state index contributed by atoms with van der Waals surface area (Å²) in [6.07, 6.45) is 0. The van der Waals surface area contributed by atoms with Crippen LogP contribution in [0.1, 0.15) is 12.5 Å². The molecule has 0 heterocycles. The van der Waals surface area contributed by atoms with Gasteiger partial charge < -0.3 is 10.2 Å². The number of benzene rings is 2. The van der Waals surface area contributed by atoms with Crippen molar-refractivity contribution >= 4 is 11.4 Å². The van der Waals surface area contributed by atoms with Gasteiger partial charge in [-0.3, -0.25) is 4.99 Å². The maximum Gasteiger partial charge on any atom is 0.128 e. The van der Waals surface area contributed by atoms with Crippen molar-refractivity contribution < 1.29 is 10.2 Å².